The topological polar surface area (TPSA) is 69.6 Å². The number of aromatic nitrogens is 1. The fourth-order valence-electron chi connectivity index (χ4n) is 3.76. The number of para-hydroxylation sites is 1. The average Bonchev–Trinajstić information content (AvgIpc) is 3.22. The maximum atomic E-state index is 13.0. The van der Waals surface area contributed by atoms with Gasteiger partial charge in [0.15, 0.2) is 6.61 Å². The van der Waals surface area contributed by atoms with Crippen molar-refractivity contribution in [2.24, 2.45) is 0 Å². The minimum atomic E-state index is -4.65. The fourth-order valence-corrected chi connectivity index (χ4v) is 3.98. The number of alkyl halides is 3. The first kappa shape index (κ1) is 27.1. The largest absolute Gasteiger partial charge is 0.484 e. The zero-order valence-corrected chi connectivity index (χ0v) is 21.5. The molecule has 0 fully saturated rings. The lowest BCUT2D eigenvalue weighted by atomic mass is 10.1. The van der Waals surface area contributed by atoms with Crippen LogP contribution in [0.2, 0.25) is 5.02 Å². The molecular weight excluding hydrogens is 521 g/mol. The molecule has 1 heterocycles. The fraction of sp³-hybridized carbons (Fsp3) is 0.214. The summed E-state index contributed by atoms with van der Waals surface area (Å²) in [7, 11) is 0. The molecule has 38 heavy (non-hydrogen) atoms. The first-order valence-corrected chi connectivity index (χ1v) is 11.9. The quantitative estimate of drug-likeness (QED) is 0.278. The highest BCUT2D eigenvalue weighted by atomic mass is 35.5. The summed E-state index contributed by atoms with van der Waals surface area (Å²) in [5.41, 5.74) is 0.249. The van der Waals surface area contributed by atoms with E-state index in [2.05, 4.69) is 5.32 Å². The molecule has 10 heteroatoms. The Morgan fingerprint density at radius 2 is 1.63 bits per heavy atom. The smallest absolute Gasteiger partial charge is 0.419 e. The SMILES string of the molecule is CC(C)(C)OC(=O)n1c(-c2ccc(OCC(=O)Nc3ccc(Cl)c(C(F)(F)F)c3)cc2)cc2ccccc21. The molecule has 198 valence electrons. The van der Waals surface area contributed by atoms with Crippen molar-refractivity contribution in [2.45, 2.75) is 32.5 Å². The molecule has 1 N–H and O–H groups in total. The molecule has 0 aliphatic carbocycles. The highest BCUT2D eigenvalue weighted by molar-refractivity contribution is 6.31. The van der Waals surface area contributed by atoms with Crippen molar-refractivity contribution in [1.29, 1.82) is 0 Å². The van der Waals surface area contributed by atoms with E-state index in [0.29, 0.717) is 22.5 Å². The molecule has 4 aromatic rings. The van der Waals surface area contributed by atoms with Gasteiger partial charge < -0.3 is 14.8 Å². The van der Waals surface area contributed by atoms with Gasteiger partial charge in [-0.25, -0.2) is 9.36 Å². The summed E-state index contributed by atoms with van der Waals surface area (Å²) in [5, 5.41) is 2.77. The van der Waals surface area contributed by atoms with E-state index >= 15 is 0 Å². The molecular formula is C28H24ClF3N2O4. The van der Waals surface area contributed by atoms with Gasteiger partial charge in [-0.2, -0.15) is 13.2 Å². The molecule has 1 aromatic heterocycles. The number of rotatable bonds is 5. The summed E-state index contributed by atoms with van der Waals surface area (Å²) in [6.07, 6.45) is -5.16. The summed E-state index contributed by atoms with van der Waals surface area (Å²) in [6, 6.07) is 19.1. The highest BCUT2D eigenvalue weighted by Gasteiger charge is 2.33. The Hall–Kier alpha value is -3.98. The number of ether oxygens (including phenoxy) is 2. The van der Waals surface area contributed by atoms with Gasteiger partial charge in [0, 0.05) is 11.1 Å². The molecule has 1 amide bonds. The van der Waals surface area contributed by atoms with Crippen LogP contribution in [0.15, 0.2) is 72.8 Å². The first-order valence-electron chi connectivity index (χ1n) is 11.6. The second-order valence-electron chi connectivity index (χ2n) is 9.46. The predicted molar refractivity (Wildman–Crippen MR) is 140 cm³/mol. The van der Waals surface area contributed by atoms with E-state index in [1.165, 1.54) is 10.6 Å². The Labute approximate surface area is 221 Å². The molecule has 0 aliphatic rings. The van der Waals surface area contributed by atoms with Crippen molar-refractivity contribution < 1.29 is 32.2 Å². The van der Waals surface area contributed by atoms with E-state index < -0.39 is 41.0 Å². The van der Waals surface area contributed by atoms with Gasteiger partial charge in [-0.1, -0.05) is 29.8 Å². The van der Waals surface area contributed by atoms with Crippen molar-refractivity contribution >= 4 is 40.2 Å². The van der Waals surface area contributed by atoms with Gasteiger partial charge >= 0.3 is 12.3 Å². The predicted octanol–water partition coefficient (Wildman–Crippen LogP) is 7.78. The number of nitrogens with zero attached hydrogens (tertiary/aromatic N) is 1. The normalized spacial score (nSPS) is 11.9. The summed E-state index contributed by atoms with van der Waals surface area (Å²) >= 11 is 5.61. The molecule has 0 radical (unpaired) electrons. The Balaban J connectivity index is 1.48. The lowest BCUT2D eigenvalue weighted by Crippen LogP contribution is -2.27. The third-order valence-electron chi connectivity index (χ3n) is 5.36. The zero-order valence-electron chi connectivity index (χ0n) is 20.7. The van der Waals surface area contributed by atoms with Crippen LogP contribution >= 0.6 is 11.6 Å². The van der Waals surface area contributed by atoms with Gasteiger partial charge in [-0.05, 0) is 80.9 Å². The van der Waals surface area contributed by atoms with E-state index in [9.17, 15) is 22.8 Å². The van der Waals surface area contributed by atoms with Gasteiger partial charge in [-0.3, -0.25) is 4.79 Å². The van der Waals surface area contributed by atoms with Crippen molar-refractivity contribution in [1.82, 2.24) is 4.57 Å². The third-order valence-corrected chi connectivity index (χ3v) is 5.69. The van der Waals surface area contributed by atoms with E-state index in [0.717, 1.165) is 17.5 Å². The van der Waals surface area contributed by atoms with Crippen LogP contribution < -0.4 is 10.1 Å². The molecule has 0 bridgehead atoms. The molecule has 6 nitrogen and oxygen atoms in total. The van der Waals surface area contributed by atoms with E-state index in [1.807, 2.05) is 30.3 Å². The van der Waals surface area contributed by atoms with Gasteiger partial charge in [0.05, 0.1) is 21.8 Å². The van der Waals surface area contributed by atoms with Crippen molar-refractivity contribution in [3.63, 3.8) is 0 Å². The monoisotopic (exact) mass is 544 g/mol. The number of carbonyl (C=O) groups excluding carboxylic acids is 2. The van der Waals surface area contributed by atoms with Crippen LogP contribution in [0.5, 0.6) is 5.75 Å². The molecule has 0 aliphatic heterocycles. The average molecular weight is 545 g/mol. The number of anilines is 1. The number of halogens is 4. The minimum absolute atomic E-state index is 0.0550. The van der Waals surface area contributed by atoms with Crippen molar-refractivity contribution in [3.05, 3.63) is 83.4 Å². The van der Waals surface area contributed by atoms with Crippen LogP contribution in [0.1, 0.15) is 26.3 Å². The number of hydrogen-bond acceptors (Lipinski definition) is 4. The molecule has 0 unspecified atom stereocenters. The Bertz CT molecular complexity index is 1490. The Morgan fingerprint density at radius 3 is 2.29 bits per heavy atom. The molecule has 0 saturated heterocycles. The van der Waals surface area contributed by atoms with Crippen LogP contribution in [0.25, 0.3) is 22.2 Å². The number of hydrogen-bond donors (Lipinski definition) is 1. The van der Waals surface area contributed by atoms with Gasteiger partial charge in [0.25, 0.3) is 5.91 Å². The van der Waals surface area contributed by atoms with E-state index in [-0.39, 0.29) is 5.69 Å². The minimum Gasteiger partial charge on any atom is -0.484 e. The van der Waals surface area contributed by atoms with Gasteiger partial charge in [0.1, 0.15) is 11.4 Å². The third kappa shape index (κ3) is 6.28. The lowest BCUT2D eigenvalue weighted by Gasteiger charge is -2.21. The van der Waals surface area contributed by atoms with Gasteiger partial charge in [0.2, 0.25) is 0 Å². The molecule has 0 saturated carbocycles. The van der Waals surface area contributed by atoms with Crippen LogP contribution in [0, 0.1) is 0 Å². The summed E-state index contributed by atoms with van der Waals surface area (Å²) < 4.78 is 51.7. The van der Waals surface area contributed by atoms with Crippen LogP contribution in [-0.2, 0) is 15.7 Å². The number of benzene rings is 3. The first-order chi connectivity index (χ1) is 17.8. The maximum Gasteiger partial charge on any atom is 0.419 e. The van der Waals surface area contributed by atoms with E-state index in [1.54, 1.807) is 45.0 Å². The standard InChI is InChI=1S/C28H24ClF3N2O4/c1-27(2,3)38-26(36)34-23-7-5-4-6-18(23)14-24(34)17-8-11-20(12-9-17)37-16-25(35)33-19-10-13-22(29)21(15-19)28(30,31)32/h4-15H,16H2,1-3H3,(H,33,35). The number of fused-ring (bicyclic) bond motifs is 1. The van der Waals surface area contributed by atoms with E-state index in [4.69, 9.17) is 21.1 Å². The summed E-state index contributed by atoms with van der Waals surface area (Å²) in [4.78, 5) is 25.3. The molecule has 0 atom stereocenters. The highest BCUT2D eigenvalue weighted by Crippen LogP contribution is 2.36. The van der Waals surface area contributed by atoms with Crippen LogP contribution in [0.4, 0.5) is 23.7 Å². The maximum absolute atomic E-state index is 13.0. The van der Waals surface area contributed by atoms with Crippen LogP contribution in [-0.4, -0.2) is 28.8 Å². The molecule has 0 spiro atoms. The molecule has 4 rings (SSSR count). The Kier molecular flexibility index (Phi) is 7.42. The number of nitrogens with one attached hydrogen (secondary N) is 1. The Morgan fingerprint density at radius 1 is 0.947 bits per heavy atom. The number of amides is 1. The molecule has 3 aromatic carbocycles. The van der Waals surface area contributed by atoms with Crippen molar-refractivity contribution in [2.75, 3.05) is 11.9 Å². The zero-order chi connectivity index (χ0) is 27.7. The van der Waals surface area contributed by atoms with Crippen LogP contribution in [0.3, 0.4) is 0 Å². The summed E-state index contributed by atoms with van der Waals surface area (Å²) in [6.45, 7) is 4.95. The van der Waals surface area contributed by atoms with Gasteiger partial charge in [-0.15, -0.1) is 0 Å². The second kappa shape index (κ2) is 10.4. The second-order valence-corrected chi connectivity index (χ2v) is 9.86. The van der Waals surface area contributed by atoms with Crippen molar-refractivity contribution in [3.8, 4) is 17.0 Å². The lowest BCUT2D eigenvalue weighted by molar-refractivity contribution is -0.137. The summed E-state index contributed by atoms with van der Waals surface area (Å²) in [5.74, 6) is -0.287. The number of carbonyl (C=O) groups is 2.